The second-order valence-electron chi connectivity index (χ2n) is 8.11. The van der Waals surface area contributed by atoms with Crippen LogP contribution in [0.3, 0.4) is 0 Å². The molecule has 1 aliphatic rings. The van der Waals surface area contributed by atoms with Gasteiger partial charge in [0.2, 0.25) is 5.91 Å². The van der Waals surface area contributed by atoms with Crippen molar-refractivity contribution in [2.45, 2.75) is 31.6 Å². The molecule has 1 amide bonds. The summed E-state index contributed by atoms with van der Waals surface area (Å²) in [4.78, 5) is 12.5. The van der Waals surface area contributed by atoms with Gasteiger partial charge in [-0.2, -0.15) is 0 Å². The van der Waals surface area contributed by atoms with Crippen LogP contribution in [-0.2, 0) is 24.9 Å². The maximum atomic E-state index is 12.5. The minimum Gasteiger partial charge on any atom is -0.490 e. The van der Waals surface area contributed by atoms with E-state index in [2.05, 4.69) is 45.3 Å². The fourth-order valence-electron chi connectivity index (χ4n) is 4.06. The van der Waals surface area contributed by atoms with Gasteiger partial charge in [-0.15, -0.1) is 10.2 Å². The summed E-state index contributed by atoms with van der Waals surface area (Å²) < 4.78 is 15.5. The number of nitrogens with one attached hydrogen (secondary N) is 1. The van der Waals surface area contributed by atoms with Crippen molar-refractivity contribution in [1.29, 1.82) is 0 Å². The zero-order valence-corrected chi connectivity index (χ0v) is 20.1. The molecule has 3 heterocycles. The summed E-state index contributed by atoms with van der Waals surface area (Å²) in [7, 11) is 1.94. The Morgan fingerprint density at radius 3 is 2.79 bits per heavy atom. The molecule has 2 aromatic heterocycles. The van der Waals surface area contributed by atoms with Crippen molar-refractivity contribution in [2.24, 2.45) is 7.05 Å². The van der Waals surface area contributed by atoms with E-state index in [1.54, 1.807) is 0 Å². The smallest absolute Gasteiger partial charge is 0.230 e. The monoisotopic (exact) mass is 477 g/mol. The molecule has 2 aromatic carbocycles. The van der Waals surface area contributed by atoms with Gasteiger partial charge in [0.05, 0.1) is 19.0 Å². The largest absolute Gasteiger partial charge is 0.490 e. The van der Waals surface area contributed by atoms with Gasteiger partial charge in [0, 0.05) is 49.2 Å². The summed E-state index contributed by atoms with van der Waals surface area (Å²) in [5, 5.41) is 13.6. The lowest BCUT2D eigenvalue weighted by Crippen LogP contribution is -2.24. The van der Waals surface area contributed by atoms with E-state index in [9.17, 15) is 4.79 Å². The van der Waals surface area contributed by atoms with Crippen LogP contribution in [0.25, 0.3) is 22.3 Å². The van der Waals surface area contributed by atoms with Gasteiger partial charge < -0.3 is 23.9 Å². The average Bonchev–Trinajstić information content (AvgIpc) is 3.31. The van der Waals surface area contributed by atoms with Gasteiger partial charge >= 0.3 is 0 Å². The molecule has 4 aromatic rings. The first-order valence-corrected chi connectivity index (χ1v) is 12.4. The van der Waals surface area contributed by atoms with Crippen molar-refractivity contribution >= 4 is 28.6 Å². The highest BCUT2D eigenvalue weighted by molar-refractivity contribution is 7.99. The predicted molar refractivity (Wildman–Crippen MR) is 132 cm³/mol. The number of carbonyl (C=O) groups excluding carboxylic acids is 1. The van der Waals surface area contributed by atoms with Crippen LogP contribution in [0.2, 0.25) is 0 Å². The van der Waals surface area contributed by atoms with Gasteiger partial charge in [-0.1, -0.05) is 36.0 Å². The van der Waals surface area contributed by atoms with Crippen LogP contribution >= 0.6 is 11.8 Å². The number of para-hydroxylation sites is 1. The molecule has 9 heteroatoms. The third-order valence-corrected chi connectivity index (χ3v) is 6.86. The minimum absolute atomic E-state index is 0.0655. The molecule has 0 saturated heterocycles. The minimum atomic E-state index is -0.0655. The third kappa shape index (κ3) is 4.48. The molecule has 0 bridgehead atoms. The van der Waals surface area contributed by atoms with E-state index >= 15 is 0 Å². The molecule has 34 heavy (non-hydrogen) atoms. The molecule has 0 unspecified atom stereocenters. The normalized spacial score (nSPS) is 13.1. The third-order valence-electron chi connectivity index (χ3n) is 5.84. The molecule has 0 spiro atoms. The highest BCUT2D eigenvalue weighted by Gasteiger charge is 2.17. The second-order valence-corrected chi connectivity index (χ2v) is 9.05. The first-order chi connectivity index (χ1) is 16.6. The molecule has 0 atom stereocenters. The van der Waals surface area contributed by atoms with Crippen molar-refractivity contribution in [3.05, 3.63) is 54.2 Å². The van der Waals surface area contributed by atoms with Crippen molar-refractivity contribution in [3.63, 3.8) is 0 Å². The quantitative estimate of drug-likeness (QED) is 0.405. The lowest BCUT2D eigenvalue weighted by atomic mass is 10.1. The van der Waals surface area contributed by atoms with Crippen LogP contribution in [0.15, 0.2) is 53.8 Å². The number of aromatic nitrogens is 4. The van der Waals surface area contributed by atoms with Crippen LogP contribution in [-0.4, -0.2) is 44.2 Å². The Labute approximate surface area is 202 Å². The van der Waals surface area contributed by atoms with E-state index in [-0.39, 0.29) is 11.7 Å². The Bertz CT molecular complexity index is 1330. The zero-order valence-electron chi connectivity index (χ0n) is 19.3. The summed E-state index contributed by atoms with van der Waals surface area (Å²) in [5.74, 6) is 2.47. The Morgan fingerprint density at radius 2 is 1.94 bits per heavy atom. The SMILES string of the molecule is CCn1cc(-c2nnc(SCC(=O)NCc3ccc4c(c3)OCCCO4)n2C)c2ccccc21. The molecule has 0 radical (unpaired) electrons. The number of benzene rings is 2. The van der Waals surface area contributed by atoms with Gasteiger partial charge in [-0.25, -0.2) is 0 Å². The molecule has 5 rings (SSSR count). The predicted octanol–water partition coefficient (Wildman–Crippen LogP) is 4.03. The molecular weight excluding hydrogens is 450 g/mol. The summed E-state index contributed by atoms with van der Waals surface area (Å²) in [6.07, 6.45) is 2.98. The average molecular weight is 478 g/mol. The molecule has 0 aliphatic carbocycles. The first kappa shape index (κ1) is 22.3. The van der Waals surface area contributed by atoms with Gasteiger partial charge in [0.15, 0.2) is 22.5 Å². The molecule has 1 aliphatic heterocycles. The zero-order chi connectivity index (χ0) is 23.5. The number of rotatable bonds is 7. The molecule has 1 N–H and O–H groups in total. The van der Waals surface area contributed by atoms with Crippen LogP contribution in [0.5, 0.6) is 11.5 Å². The number of amides is 1. The number of hydrogen-bond acceptors (Lipinski definition) is 6. The van der Waals surface area contributed by atoms with E-state index in [1.165, 1.54) is 17.3 Å². The van der Waals surface area contributed by atoms with Gasteiger partial charge in [0.1, 0.15) is 0 Å². The van der Waals surface area contributed by atoms with Crippen LogP contribution in [0.1, 0.15) is 18.9 Å². The number of nitrogens with zero attached hydrogens (tertiary/aromatic N) is 4. The first-order valence-electron chi connectivity index (χ1n) is 11.4. The van der Waals surface area contributed by atoms with Crippen LogP contribution in [0, 0.1) is 0 Å². The van der Waals surface area contributed by atoms with Gasteiger partial charge in [0.25, 0.3) is 0 Å². The van der Waals surface area contributed by atoms with Crippen LogP contribution in [0.4, 0.5) is 0 Å². The molecule has 0 fully saturated rings. The highest BCUT2D eigenvalue weighted by Crippen LogP contribution is 2.32. The van der Waals surface area contributed by atoms with Crippen LogP contribution < -0.4 is 14.8 Å². The lowest BCUT2D eigenvalue weighted by molar-refractivity contribution is -0.118. The summed E-state index contributed by atoms with van der Waals surface area (Å²) in [5.41, 5.74) is 3.18. The number of ether oxygens (including phenoxy) is 2. The number of hydrogen-bond donors (Lipinski definition) is 1. The number of carbonyl (C=O) groups is 1. The number of aryl methyl sites for hydroxylation is 1. The van der Waals surface area contributed by atoms with Gasteiger partial charge in [-0.05, 0) is 30.7 Å². The van der Waals surface area contributed by atoms with E-state index < -0.39 is 0 Å². The van der Waals surface area contributed by atoms with E-state index in [0.29, 0.717) is 24.9 Å². The maximum Gasteiger partial charge on any atom is 0.230 e. The molecular formula is C25H27N5O3S. The summed E-state index contributed by atoms with van der Waals surface area (Å²) in [6.45, 7) is 4.72. The molecule has 8 nitrogen and oxygen atoms in total. The Morgan fingerprint density at radius 1 is 1.12 bits per heavy atom. The molecule has 176 valence electrons. The van der Waals surface area contributed by atoms with E-state index in [1.807, 2.05) is 41.9 Å². The number of fused-ring (bicyclic) bond motifs is 2. The Kier molecular flexibility index (Phi) is 6.44. The van der Waals surface area contributed by atoms with E-state index in [0.717, 1.165) is 46.8 Å². The van der Waals surface area contributed by atoms with Crippen molar-refractivity contribution in [1.82, 2.24) is 24.6 Å². The fraction of sp³-hybridized carbons (Fsp3) is 0.320. The second kappa shape index (κ2) is 9.80. The van der Waals surface area contributed by atoms with E-state index in [4.69, 9.17) is 9.47 Å². The Balaban J connectivity index is 1.22. The number of thioether (sulfide) groups is 1. The topological polar surface area (TPSA) is 83.2 Å². The Hall–Kier alpha value is -3.46. The maximum absolute atomic E-state index is 12.5. The van der Waals surface area contributed by atoms with Crippen molar-refractivity contribution in [3.8, 4) is 22.9 Å². The summed E-state index contributed by atoms with van der Waals surface area (Å²) >= 11 is 1.38. The summed E-state index contributed by atoms with van der Waals surface area (Å²) in [6, 6.07) is 14.1. The fourth-order valence-corrected chi connectivity index (χ4v) is 4.80. The van der Waals surface area contributed by atoms with Crippen molar-refractivity contribution in [2.75, 3.05) is 19.0 Å². The highest BCUT2D eigenvalue weighted by atomic mass is 32.2. The molecule has 0 saturated carbocycles. The van der Waals surface area contributed by atoms with Gasteiger partial charge in [-0.3, -0.25) is 4.79 Å². The lowest BCUT2D eigenvalue weighted by Gasteiger charge is -2.10. The van der Waals surface area contributed by atoms with Crippen molar-refractivity contribution < 1.29 is 14.3 Å². The standard InChI is InChI=1S/C25H27N5O3S/c1-3-30-15-19(18-7-4-5-8-20(18)30)24-27-28-25(29(24)2)34-16-23(31)26-14-17-9-10-21-22(13-17)33-12-6-11-32-21/h4-5,7-10,13,15H,3,6,11-12,14,16H2,1-2H3,(H,26,31).